The van der Waals surface area contributed by atoms with Gasteiger partial charge >= 0.3 is 6.11 Å². The lowest BCUT2D eigenvalue weighted by molar-refractivity contribution is -0.159. The van der Waals surface area contributed by atoms with Crippen LogP contribution in [-0.2, 0) is 0 Å². The Morgan fingerprint density at radius 1 is 1.15 bits per heavy atom. The molecule has 0 aromatic heterocycles. The molecule has 13 heavy (non-hydrogen) atoms. The summed E-state index contributed by atoms with van der Waals surface area (Å²) in [5.74, 6) is -2.74. The molecule has 0 heterocycles. The van der Waals surface area contributed by atoms with Gasteiger partial charge in [0, 0.05) is 13.0 Å². The second kappa shape index (κ2) is 3.24. The lowest BCUT2D eigenvalue weighted by atomic mass is 10.3. The molecule has 0 radical (unpaired) electrons. The zero-order valence-electron chi connectivity index (χ0n) is 6.65. The second-order valence-corrected chi connectivity index (χ2v) is 2.49. The summed E-state index contributed by atoms with van der Waals surface area (Å²) in [6, 6.07) is 2.21. The van der Waals surface area contributed by atoms with Gasteiger partial charge in [-0.3, -0.25) is 0 Å². The molecule has 5 heteroatoms. The largest absolute Gasteiger partial charge is 0.433 e. The highest BCUT2D eigenvalue weighted by molar-refractivity contribution is 5.23. The monoisotopic (exact) mass is 194 g/mol. The van der Waals surface area contributed by atoms with Crippen LogP contribution in [0.1, 0.15) is 6.92 Å². The Hall–Kier alpha value is -1.26. The summed E-state index contributed by atoms with van der Waals surface area (Å²) < 4.78 is 53.2. The average Bonchev–Trinajstić information content (AvgIpc) is 1.94. The zero-order chi connectivity index (χ0) is 10.1. The van der Waals surface area contributed by atoms with Gasteiger partial charge in [-0.25, -0.2) is 8.78 Å². The first-order chi connectivity index (χ1) is 5.88. The third kappa shape index (κ3) is 2.93. The molecule has 0 fully saturated rings. The molecule has 0 unspecified atom stereocenters. The van der Waals surface area contributed by atoms with Crippen molar-refractivity contribution in [1.29, 1.82) is 0 Å². The van der Waals surface area contributed by atoms with Crippen LogP contribution in [0.5, 0.6) is 5.75 Å². The molecule has 0 aliphatic rings. The van der Waals surface area contributed by atoms with Crippen molar-refractivity contribution in [3.63, 3.8) is 0 Å². The van der Waals surface area contributed by atoms with Gasteiger partial charge in [-0.05, 0) is 12.1 Å². The maximum Gasteiger partial charge on any atom is 0.394 e. The van der Waals surface area contributed by atoms with E-state index in [9.17, 15) is 17.6 Å². The molecule has 1 aromatic rings. The summed E-state index contributed by atoms with van der Waals surface area (Å²) in [5, 5.41) is 0. The minimum atomic E-state index is -3.40. The molecule has 0 saturated carbocycles. The molecule has 72 valence electrons. The lowest BCUT2D eigenvalue weighted by Gasteiger charge is -2.12. The van der Waals surface area contributed by atoms with Crippen LogP contribution in [0.4, 0.5) is 17.6 Å². The van der Waals surface area contributed by atoms with Gasteiger partial charge in [0.1, 0.15) is 5.75 Å². The summed E-state index contributed by atoms with van der Waals surface area (Å²) in [4.78, 5) is 0. The summed E-state index contributed by atoms with van der Waals surface area (Å²) in [5.41, 5.74) is 0. The first kappa shape index (κ1) is 9.83. The molecule has 0 atom stereocenters. The van der Waals surface area contributed by atoms with Gasteiger partial charge in [-0.15, -0.1) is 0 Å². The Balaban J connectivity index is 2.86. The summed E-state index contributed by atoms with van der Waals surface area (Å²) >= 11 is 0. The maximum absolute atomic E-state index is 12.5. The van der Waals surface area contributed by atoms with E-state index in [2.05, 4.69) is 4.74 Å². The number of ether oxygens (including phenoxy) is 1. The van der Waals surface area contributed by atoms with E-state index in [-0.39, 0.29) is 0 Å². The molecule has 1 aromatic carbocycles. The van der Waals surface area contributed by atoms with E-state index < -0.39 is 23.5 Å². The third-order valence-corrected chi connectivity index (χ3v) is 1.19. The highest BCUT2D eigenvalue weighted by atomic mass is 19.3. The molecule has 0 bridgehead atoms. The van der Waals surface area contributed by atoms with Crippen molar-refractivity contribution < 1.29 is 22.3 Å². The van der Waals surface area contributed by atoms with Crippen molar-refractivity contribution in [2.45, 2.75) is 13.0 Å². The molecule has 1 nitrogen and oxygen atoms in total. The molecule has 0 spiro atoms. The quantitative estimate of drug-likeness (QED) is 0.657. The topological polar surface area (TPSA) is 9.23 Å². The van der Waals surface area contributed by atoms with Gasteiger partial charge in [0.2, 0.25) is 0 Å². The van der Waals surface area contributed by atoms with Gasteiger partial charge in [0.15, 0.2) is 11.6 Å². The molecular formula is C8H6F4O. The van der Waals surface area contributed by atoms with Crippen molar-refractivity contribution in [3.05, 3.63) is 29.8 Å². The lowest BCUT2D eigenvalue weighted by Crippen LogP contribution is -2.19. The SMILES string of the molecule is CC(F)(F)Oc1ccc(F)c(F)c1. The van der Waals surface area contributed by atoms with Crippen LogP contribution >= 0.6 is 0 Å². The van der Waals surface area contributed by atoms with Gasteiger partial charge in [-0.1, -0.05) is 0 Å². The van der Waals surface area contributed by atoms with Crippen LogP contribution < -0.4 is 4.74 Å². The van der Waals surface area contributed by atoms with Crippen LogP contribution in [-0.4, -0.2) is 6.11 Å². The van der Waals surface area contributed by atoms with Crippen molar-refractivity contribution >= 4 is 0 Å². The van der Waals surface area contributed by atoms with Crippen LogP contribution in [0.25, 0.3) is 0 Å². The Labute approximate surface area is 71.9 Å². The third-order valence-electron chi connectivity index (χ3n) is 1.19. The Kier molecular flexibility index (Phi) is 2.45. The molecule has 0 aliphatic carbocycles. The number of halogens is 4. The van der Waals surface area contributed by atoms with Crippen molar-refractivity contribution in [2.75, 3.05) is 0 Å². The maximum atomic E-state index is 12.5. The molecule has 1 rings (SSSR count). The minimum absolute atomic E-state index is 0.411. The predicted molar refractivity (Wildman–Crippen MR) is 37.6 cm³/mol. The van der Waals surface area contributed by atoms with E-state index in [1.165, 1.54) is 0 Å². The van der Waals surface area contributed by atoms with Crippen molar-refractivity contribution in [2.24, 2.45) is 0 Å². The number of hydrogen-bond acceptors (Lipinski definition) is 1. The van der Waals surface area contributed by atoms with Gasteiger partial charge in [0.05, 0.1) is 0 Å². The average molecular weight is 194 g/mol. The van der Waals surface area contributed by atoms with Gasteiger partial charge < -0.3 is 4.74 Å². The van der Waals surface area contributed by atoms with E-state index in [1.807, 2.05) is 0 Å². The fourth-order valence-electron chi connectivity index (χ4n) is 0.747. The van der Waals surface area contributed by atoms with E-state index in [0.717, 1.165) is 12.1 Å². The van der Waals surface area contributed by atoms with E-state index in [4.69, 9.17) is 0 Å². The Morgan fingerprint density at radius 2 is 1.77 bits per heavy atom. The number of benzene rings is 1. The number of rotatable bonds is 2. The second-order valence-electron chi connectivity index (χ2n) is 2.49. The molecule has 0 amide bonds. The molecule has 0 aliphatic heterocycles. The smallest absolute Gasteiger partial charge is 0.394 e. The Bertz CT molecular complexity index is 306. The van der Waals surface area contributed by atoms with Crippen LogP contribution in [0.15, 0.2) is 18.2 Å². The predicted octanol–water partition coefficient (Wildman–Crippen LogP) is 2.96. The minimum Gasteiger partial charge on any atom is -0.433 e. The Morgan fingerprint density at radius 3 is 2.23 bits per heavy atom. The van der Waals surface area contributed by atoms with Crippen LogP contribution in [0.3, 0.4) is 0 Å². The fourth-order valence-corrected chi connectivity index (χ4v) is 0.747. The van der Waals surface area contributed by atoms with Crippen molar-refractivity contribution in [3.8, 4) is 5.75 Å². The van der Waals surface area contributed by atoms with Crippen LogP contribution in [0.2, 0.25) is 0 Å². The number of hydrogen-bond donors (Lipinski definition) is 0. The highest BCUT2D eigenvalue weighted by Gasteiger charge is 2.23. The van der Waals surface area contributed by atoms with E-state index in [1.54, 1.807) is 0 Å². The normalized spacial score (nSPS) is 11.5. The first-order valence-electron chi connectivity index (χ1n) is 3.40. The molecule has 0 N–H and O–H groups in total. The van der Waals surface area contributed by atoms with E-state index in [0.29, 0.717) is 13.0 Å². The molecule has 0 saturated heterocycles. The summed E-state index contributed by atoms with van der Waals surface area (Å²) in [7, 11) is 0. The van der Waals surface area contributed by atoms with E-state index >= 15 is 0 Å². The standard InChI is InChI=1S/C8H6F4O/c1-8(11,12)13-5-2-3-6(9)7(10)4-5/h2-4H,1H3. The first-order valence-corrected chi connectivity index (χ1v) is 3.40. The van der Waals surface area contributed by atoms with Crippen LogP contribution in [0, 0.1) is 11.6 Å². The fraction of sp³-hybridized carbons (Fsp3) is 0.250. The van der Waals surface area contributed by atoms with Crippen molar-refractivity contribution in [1.82, 2.24) is 0 Å². The van der Waals surface area contributed by atoms with Gasteiger partial charge in [0.25, 0.3) is 0 Å². The van der Waals surface area contributed by atoms with Gasteiger partial charge in [-0.2, -0.15) is 8.78 Å². The molecular weight excluding hydrogens is 188 g/mol. The summed E-state index contributed by atoms with van der Waals surface area (Å²) in [6.07, 6.45) is -3.40. The number of alkyl halides is 2. The summed E-state index contributed by atoms with van der Waals surface area (Å²) in [6.45, 7) is 0.508. The highest BCUT2D eigenvalue weighted by Crippen LogP contribution is 2.22. The zero-order valence-corrected chi connectivity index (χ0v) is 6.65.